The zero-order valence-corrected chi connectivity index (χ0v) is 12.5. The van der Waals surface area contributed by atoms with E-state index >= 15 is 0 Å². The Bertz CT molecular complexity index is 596. The number of nitrogens with zero attached hydrogens (tertiary/aromatic N) is 2. The molecule has 0 aliphatic heterocycles. The molecule has 1 atom stereocenters. The Morgan fingerprint density at radius 2 is 2.21 bits per heavy atom. The van der Waals surface area contributed by atoms with E-state index < -0.39 is 9.73 Å². The smallest absolute Gasteiger partial charge is 0.214 e. The number of nitriles is 1. The molecule has 1 N–H and O–H groups in total. The van der Waals surface area contributed by atoms with Crippen molar-refractivity contribution in [3.05, 3.63) is 18.2 Å². The highest BCUT2D eigenvalue weighted by Crippen LogP contribution is 2.28. The fraction of sp³-hybridized carbons (Fsp3) is 0.462. The molecule has 0 bridgehead atoms. The Morgan fingerprint density at radius 1 is 1.53 bits per heavy atom. The van der Waals surface area contributed by atoms with Gasteiger partial charge in [-0.25, -0.2) is 4.21 Å². The van der Waals surface area contributed by atoms with E-state index in [0.29, 0.717) is 16.6 Å². The second-order valence-electron chi connectivity index (χ2n) is 4.63. The summed E-state index contributed by atoms with van der Waals surface area (Å²) in [5.74, 6) is 1.11. The van der Waals surface area contributed by atoms with Crippen molar-refractivity contribution in [1.82, 2.24) is 0 Å². The third-order valence-electron chi connectivity index (χ3n) is 2.53. The van der Waals surface area contributed by atoms with Crippen LogP contribution in [0, 0.1) is 17.4 Å². The van der Waals surface area contributed by atoms with Crippen LogP contribution < -0.4 is 10.1 Å². The van der Waals surface area contributed by atoms with Gasteiger partial charge >= 0.3 is 0 Å². The molecule has 0 radical (unpaired) electrons. The van der Waals surface area contributed by atoms with Gasteiger partial charge in [0.2, 0.25) is 6.19 Å². The first-order valence-electron chi connectivity index (χ1n) is 5.93. The van der Waals surface area contributed by atoms with Crippen LogP contribution in [0.25, 0.3) is 0 Å². The highest BCUT2D eigenvalue weighted by Gasteiger charge is 2.11. The summed E-state index contributed by atoms with van der Waals surface area (Å²) in [5.41, 5.74) is 0.840. The molecule has 0 saturated heterocycles. The standard InChI is InChI=1S/C13H19N3O2S/c1-10(2)8-15-12-6-5-11(7-13(12)18-3)19(4,17)16-9-14/h5-7,10,15H,8H2,1-4H3/t19-/m1/s1. The average molecular weight is 281 g/mol. The fourth-order valence-corrected chi connectivity index (χ4v) is 2.41. The zero-order chi connectivity index (χ0) is 14.5. The summed E-state index contributed by atoms with van der Waals surface area (Å²) in [6, 6.07) is 5.16. The molecular formula is C13H19N3O2S. The van der Waals surface area contributed by atoms with Crippen LogP contribution in [0.1, 0.15) is 13.8 Å². The fourth-order valence-electron chi connectivity index (χ4n) is 1.50. The molecule has 1 rings (SSSR count). The molecule has 0 spiro atoms. The molecule has 0 fully saturated rings. The molecule has 6 heteroatoms. The summed E-state index contributed by atoms with van der Waals surface area (Å²) in [5, 5.41) is 11.8. The summed E-state index contributed by atoms with van der Waals surface area (Å²) in [6.45, 7) is 5.04. The number of anilines is 1. The summed E-state index contributed by atoms with van der Waals surface area (Å²) < 4.78 is 20.9. The van der Waals surface area contributed by atoms with Gasteiger partial charge in [0.05, 0.1) is 27.4 Å². The molecule has 0 heterocycles. The topological polar surface area (TPSA) is 74.5 Å². The van der Waals surface area contributed by atoms with Crippen molar-refractivity contribution in [2.45, 2.75) is 18.7 Å². The number of hydrogen-bond acceptors (Lipinski definition) is 5. The van der Waals surface area contributed by atoms with Gasteiger partial charge in [0, 0.05) is 12.8 Å². The summed E-state index contributed by atoms with van der Waals surface area (Å²) in [4.78, 5) is 0.487. The van der Waals surface area contributed by atoms with Gasteiger partial charge in [-0.2, -0.15) is 5.26 Å². The summed E-state index contributed by atoms with van der Waals surface area (Å²) >= 11 is 0. The van der Waals surface area contributed by atoms with E-state index in [1.54, 1.807) is 31.5 Å². The van der Waals surface area contributed by atoms with E-state index in [-0.39, 0.29) is 0 Å². The molecular weight excluding hydrogens is 262 g/mol. The highest BCUT2D eigenvalue weighted by atomic mass is 32.2. The lowest BCUT2D eigenvalue weighted by molar-refractivity contribution is 0.415. The maximum Gasteiger partial charge on any atom is 0.214 e. The van der Waals surface area contributed by atoms with E-state index in [1.807, 2.05) is 0 Å². The average Bonchev–Trinajstić information content (AvgIpc) is 2.35. The van der Waals surface area contributed by atoms with Crippen molar-refractivity contribution in [1.29, 1.82) is 5.26 Å². The number of rotatable bonds is 5. The molecule has 1 aromatic rings. The first kappa shape index (κ1) is 15.3. The largest absolute Gasteiger partial charge is 0.495 e. The minimum atomic E-state index is -2.68. The van der Waals surface area contributed by atoms with E-state index in [2.05, 4.69) is 23.5 Å². The molecule has 104 valence electrons. The van der Waals surface area contributed by atoms with Gasteiger partial charge in [-0.3, -0.25) is 0 Å². The normalized spacial score (nSPS) is 13.5. The Labute approximate surface area is 114 Å². The minimum Gasteiger partial charge on any atom is -0.495 e. The van der Waals surface area contributed by atoms with Crippen LogP contribution in [0.4, 0.5) is 5.69 Å². The maximum absolute atomic E-state index is 12.2. The molecule has 0 aliphatic carbocycles. The van der Waals surface area contributed by atoms with E-state index in [4.69, 9.17) is 10.00 Å². The predicted octanol–water partition coefficient (Wildman–Crippen LogP) is 2.70. The lowest BCUT2D eigenvalue weighted by Crippen LogP contribution is -2.09. The van der Waals surface area contributed by atoms with Crippen LogP contribution in [0.5, 0.6) is 5.75 Å². The zero-order valence-electron chi connectivity index (χ0n) is 11.6. The van der Waals surface area contributed by atoms with Crippen molar-refractivity contribution in [3.8, 4) is 11.9 Å². The Hall–Kier alpha value is -1.74. The molecule has 19 heavy (non-hydrogen) atoms. The van der Waals surface area contributed by atoms with Crippen molar-refractivity contribution >= 4 is 15.4 Å². The number of hydrogen-bond donors (Lipinski definition) is 1. The molecule has 0 unspecified atom stereocenters. The molecule has 0 aromatic heterocycles. The van der Waals surface area contributed by atoms with Gasteiger partial charge < -0.3 is 10.1 Å². The molecule has 0 amide bonds. The second-order valence-corrected chi connectivity index (χ2v) is 6.89. The third kappa shape index (κ3) is 4.14. The second kappa shape index (κ2) is 6.43. The van der Waals surface area contributed by atoms with Crippen molar-refractivity contribution < 1.29 is 8.95 Å². The van der Waals surface area contributed by atoms with Crippen molar-refractivity contribution in [2.75, 3.05) is 25.2 Å². The van der Waals surface area contributed by atoms with Crippen molar-refractivity contribution in [2.24, 2.45) is 10.3 Å². The van der Waals surface area contributed by atoms with Crippen molar-refractivity contribution in [3.63, 3.8) is 0 Å². The minimum absolute atomic E-state index is 0.487. The van der Waals surface area contributed by atoms with Gasteiger partial charge in [-0.15, -0.1) is 4.36 Å². The number of benzene rings is 1. The van der Waals surface area contributed by atoms with E-state index in [9.17, 15) is 4.21 Å². The summed E-state index contributed by atoms with van der Waals surface area (Å²) in [7, 11) is -1.13. The van der Waals surface area contributed by atoms with Crippen LogP contribution >= 0.6 is 0 Å². The van der Waals surface area contributed by atoms with Gasteiger partial charge in [0.15, 0.2) is 0 Å². The lowest BCUT2D eigenvalue weighted by atomic mass is 10.2. The van der Waals surface area contributed by atoms with E-state index in [1.165, 1.54) is 6.26 Å². The highest BCUT2D eigenvalue weighted by molar-refractivity contribution is 7.93. The first-order valence-corrected chi connectivity index (χ1v) is 7.85. The summed E-state index contributed by atoms with van der Waals surface area (Å²) in [6.07, 6.45) is 3.03. The first-order chi connectivity index (χ1) is 8.90. The molecule has 0 saturated carbocycles. The van der Waals surface area contributed by atoms with Crippen LogP contribution in [-0.4, -0.2) is 24.1 Å². The molecule has 1 aromatic carbocycles. The van der Waals surface area contributed by atoms with Crippen LogP contribution in [0.15, 0.2) is 27.5 Å². The number of ether oxygens (including phenoxy) is 1. The molecule has 0 aliphatic rings. The predicted molar refractivity (Wildman–Crippen MR) is 76.7 cm³/mol. The van der Waals surface area contributed by atoms with E-state index in [0.717, 1.165) is 12.2 Å². The van der Waals surface area contributed by atoms with Crippen LogP contribution in [-0.2, 0) is 9.73 Å². The monoisotopic (exact) mass is 281 g/mol. The van der Waals surface area contributed by atoms with Gasteiger partial charge in [0.1, 0.15) is 5.75 Å². The maximum atomic E-state index is 12.2. The number of methoxy groups -OCH3 is 1. The van der Waals surface area contributed by atoms with Gasteiger partial charge in [-0.05, 0) is 24.1 Å². The quantitative estimate of drug-likeness (QED) is 0.842. The van der Waals surface area contributed by atoms with Gasteiger partial charge in [0.25, 0.3) is 0 Å². The Balaban J connectivity index is 3.14. The third-order valence-corrected chi connectivity index (χ3v) is 4.08. The number of nitrogens with one attached hydrogen (secondary N) is 1. The van der Waals surface area contributed by atoms with Crippen LogP contribution in [0.2, 0.25) is 0 Å². The SMILES string of the molecule is COc1cc([S@@](C)(=O)=NC#N)ccc1NCC(C)C. The molecule has 5 nitrogen and oxygen atoms in total. The Kier molecular flexibility index (Phi) is 5.19. The van der Waals surface area contributed by atoms with Gasteiger partial charge in [-0.1, -0.05) is 13.8 Å². The lowest BCUT2D eigenvalue weighted by Gasteiger charge is -2.14. The van der Waals surface area contributed by atoms with Crippen LogP contribution in [0.3, 0.4) is 0 Å². The Morgan fingerprint density at radius 3 is 2.74 bits per heavy atom.